The molecule has 0 saturated carbocycles. The highest BCUT2D eigenvalue weighted by Gasteiger charge is 2.11. The fourth-order valence-electron chi connectivity index (χ4n) is 2.56. The van der Waals surface area contributed by atoms with E-state index >= 15 is 0 Å². The van der Waals surface area contributed by atoms with Crippen LogP contribution in [-0.2, 0) is 0 Å². The van der Waals surface area contributed by atoms with Crippen LogP contribution in [0.2, 0.25) is 0 Å². The van der Waals surface area contributed by atoms with E-state index in [0.717, 1.165) is 19.0 Å². The monoisotopic (exact) mass is 263 g/mol. The van der Waals surface area contributed by atoms with Crippen molar-refractivity contribution in [1.82, 2.24) is 5.32 Å². The van der Waals surface area contributed by atoms with E-state index in [1.54, 1.807) is 6.07 Å². The largest absolute Gasteiger partial charge is 0.508 e. The molecule has 0 heterocycles. The highest BCUT2D eigenvalue weighted by molar-refractivity contribution is 5.29. The van der Waals surface area contributed by atoms with Crippen LogP contribution < -0.4 is 5.32 Å². The summed E-state index contributed by atoms with van der Waals surface area (Å²) in [5.41, 5.74) is 2.13. The first-order valence-electron chi connectivity index (χ1n) is 7.06. The number of rotatable bonds is 5. The van der Waals surface area contributed by atoms with Crippen LogP contribution in [0.3, 0.4) is 0 Å². The maximum absolute atomic E-state index is 13.7. The van der Waals surface area contributed by atoms with Crippen molar-refractivity contribution in [1.29, 1.82) is 0 Å². The first-order valence-corrected chi connectivity index (χ1v) is 7.06. The molecule has 19 heavy (non-hydrogen) atoms. The number of benzene rings is 1. The summed E-state index contributed by atoms with van der Waals surface area (Å²) in [6.45, 7) is 2.82. The van der Waals surface area contributed by atoms with Gasteiger partial charge in [-0.25, -0.2) is 4.39 Å². The average Bonchev–Trinajstić information content (AvgIpc) is 2.39. The van der Waals surface area contributed by atoms with Gasteiger partial charge in [0.15, 0.2) is 0 Å². The molecular formula is C16H22FNO. The van der Waals surface area contributed by atoms with Gasteiger partial charge in [-0.05, 0) is 51.6 Å². The van der Waals surface area contributed by atoms with E-state index in [9.17, 15) is 9.50 Å². The van der Waals surface area contributed by atoms with Crippen molar-refractivity contribution >= 4 is 0 Å². The Balaban J connectivity index is 1.83. The second-order valence-electron chi connectivity index (χ2n) is 5.24. The molecule has 0 aliphatic heterocycles. The molecule has 1 atom stereocenters. The van der Waals surface area contributed by atoms with Crippen LogP contribution in [0.4, 0.5) is 4.39 Å². The van der Waals surface area contributed by atoms with Crippen molar-refractivity contribution in [3.05, 3.63) is 41.2 Å². The van der Waals surface area contributed by atoms with Gasteiger partial charge < -0.3 is 10.4 Å². The maximum atomic E-state index is 13.7. The molecule has 1 aliphatic carbocycles. The molecule has 0 spiro atoms. The van der Waals surface area contributed by atoms with E-state index in [1.165, 1.54) is 37.3 Å². The zero-order valence-electron chi connectivity index (χ0n) is 11.5. The third-order valence-electron chi connectivity index (χ3n) is 3.73. The van der Waals surface area contributed by atoms with Gasteiger partial charge >= 0.3 is 0 Å². The van der Waals surface area contributed by atoms with Gasteiger partial charge in [-0.15, -0.1) is 0 Å². The van der Waals surface area contributed by atoms with Crippen molar-refractivity contribution in [3.8, 4) is 5.75 Å². The number of aromatic hydroxyl groups is 1. The predicted molar refractivity (Wildman–Crippen MR) is 75.7 cm³/mol. The number of hydrogen-bond acceptors (Lipinski definition) is 2. The van der Waals surface area contributed by atoms with E-state index < -0.39 is 0 Å². The highest BCUT2D eigenvalue weighted by Crippen LogP contribution is 2.22. The fraction of sp³-hybridized carbons (Fsp3) is 0.500. The van der Waals surface area contributed by atoms with E-state index in [0.29, 0.717) is 5.56 Å². The summed E-state index contributed by atoms with van der Waals surface area (Å²) in [4.78, 5) is 0. The Bertz CT molecular complexity index is 456. The SMILES string of the molecule is CC(NCCC1=CCCCC1)c1ccc(O)cc1F. The summed E-state index contributed by atoms with van der Waals surface area (Å²) >= 11 is 0. The van der Waals surface area contributed by atoms with Crippen LogP contribution in [0.25, 0.3) is 0 Å². The number of phenolic OH excluding ortho intramolecular Hbond substituents is 1. The zero-order chi connectivity index (χ0) is 13.7. The summed E-state index contributed by atoms with van der Waals surface area (Å²) in [5.74, 6) is -0.377. The normalized spacial score (nSPS) is 17.1. The van der Waals surface area contributed by atoms with Crippen LogP contribution in [-0.4, -0.2) is 11.7 Å². The molecule has 0 amide bonds. The van der Waals surface area contributed by atoms with Gasteiger partial charge in [0.1, 0.15) is 11.6 Å². The molecule has 1 aromatic carbocycles. The molecule has 0 bridgehead atoms. The Morgan fingerprint density at radius 2 is 2.21 bits per heavy atom. The second kappa shape index (κ2) is 6.71. The molecule has 104 valence electrons. The summed E-state index contributed by atoms with van der Waals surface area (Å²) in [5, 5.41) is 12.5. The third kappa shape index (κ3) is 4.06. The van der Waals surface area contributed by atoms with Gasteiger partial charge in [0.05, 0.1) is 0 Å². The quantitative estimate of drug-likeness (QED) is 0.785. The van der Waals surface area contributed by atoms with E-state index in [4.69, 9.17) is 0 Å². The molecule has 0 aromatic heterocycles. The van der Waals surface area contributed by atoms with Crippen LogP contribution in [0.5, 0.6) is 5.75 Å². The van der Waals surface area contributed by atoms with Gasteiger partial charge in [0, 0.05) is 17.7 Å². The fourth-order valence-corrected chi connectivity index (χ4v) is 2.56. The third-order valence-corrected chi connectivity index (χ3v) is 3.73. The zero-order valence-corrected chi connectivity index (χ0v) is 11.5. The Labute approximate surface area is 114 Å². The minimum Gasteiger partial charge on any atom is -0.508 e. The number of allylic oxidation sites excluding steroid dienone is 1. The van der Waals surface area contributed by atoms with Crippen LogP contribution in [0.15, 0.2) is 29.8 Å². The lowest BCUT2D eigenvalue weighted by atomic mass is 9.97. The first-order chi connectivity index (χ1) is 9.16. The second-order valence-corrected chi connectivity index (χ2v) is 5.24. The van der Waals surface area contributed by atoms with Crippen molar-refractivity contribution < 1.29 is 9.50 Å². The van der Waals surface area contributed by atoms with Gasteiger partial charge in [-0.3, -0.25) is 0 Å². The standard InChI is InChI=1S/C16H22FNO/c1-12(15-8-7-14(19)11-16(15)17)18-10-9-13-5-3-2-4-6-13/h5,7-8,11-12,18-19H,2-4,6,9-10H2,1H3. The first kappa shape index (κ1) is 14.1. The Hall–Kier alpha value is -1.35. The topological polar surface area (TPSA) is 32.3 Å². The van der Waals surface area contributed by atoms with Crippen LogP contribution in [0, 0.1) is 5.82 Å². The molecule has 2 N–H and O–H groups in total. The Morgan fingerprint density at radius 1 is 1.37 bits per heavy atom. The number of hydrogen-bond donors (Lipinski definition) is 2. The van der Waals surface area contributed by atoms with Crippen LogP contribution in [0.1, 0.15) is 50.6 Å². The maximum Gasteiger partial charge on any atom is 0.131 e. The van der Waals surface area contributed by atoms with Crippen LogP contribution >= 0.6 is 0 Å². The van der Waals surface area contributed by atoms with E-state index in [1.807, 2.05) is 6.92 Å². The van der Waals surface area contributed by atoms with Gasteiger partial charge in [-0.1, -0.05) is 17.7 Å². The summed E-state index contributed by atoms with van der Waals surface area (Å²) < 4.78 is 13.7. The molecular weight excluding hydrogens is 241 g/mol. The lowest BCUT2D eigenvalue weighted by Gasteiger charge is -2.17. The molecule has 3 heteroatoms. The summed E-state index contributed by atoms with van der Waals surface area (Å²) in [6.07, 6.45) is 8.42. The molecule has 0 saturated heterocycles. The van der Waals surface area contributed by atoms with E-state index in [2.05, 4.69) is 11.4 Å². The minimum atomic E-state index is -0.350. The van der Waals surface area contributed by atoms with E-state index in [-0.39, 0.29) is 17.6 Å². The molecule has 2 rings (SSSR count). The van der Waals surface area contributed by atoms with Crippen molar-refractivity contribution in [2.45, 2.75) is 45.1 Å². The Kier molecular flexibility index (Phi) is 4.97. The van der Waals surface area contributed by atoms with Gasteiger partial charge in [-0.2, -0.15) is 0 Å². The smallest absolute Gasteiger partial charge is 0.131 e. The van der Waals surface area contributed by atoms with Crippen molar-refractivity contribution in [2.75, 3.05) is 6.54 Å². The Morgan fingerprint density at radius 3 is 2.89 bits per heavy atom. The molecule has 0 fully saturated rings. The number of nitrogens with one attached hydrogen (secondary N) is 1. The predicted octanol–water partition coefficient (Wildman–Crippen LogP) is 4.07. The number of halogens is 1. The lowest BCUT2D eigenvalue weighted by Crippen LogP contribution is -2.21. The average molecular weight is 263 g/mol. The van der Waals surface area contributed by atoms with Crippen molar-refractivity contribution in [3.63, 3.8) is 0 Å². The minimum absolute atomic E-state index is 0.0270. The lowest BCUT2D eigenvalue weighted by molar-refractivity contribution is 0.463. The highest BCUT2D eigenvalue weighted by atomic mass is 19.1. The molecule has 1 aromatic rings. The molecule has 2 nitrogen and oxygen atoms in total. The summed E-state index contributed by atoms with van der Waals surface area (Å²) in [7, 11) is 0. The van der Waals surface area contributed by atoms with Gasteiger partial charge in [0.25, 0.3) is 0 Å². The van der Waals surface area contributed by atoms with Gasteiger partial charge in [0.2, 0.25) is 0 Å². The molecule has 1 aliphatic rings. The summed E-state index contributed by atoms with van der Waals surface area (Å²) in [6, 6.07) is 4.30. The number of phenols is 1. The van der Waals surface area contributed by atoms with Crippen molar-refractivity contribution in [2.24, 2.45) is 0 Å². The molecule has 1 unspecified atom stereocenters. The molecule has 0 radical (unpaired) electrons.